The molecular weight excluding hydrogens is 448 g/mol. The molecule has 0 spiro atoms. The lowest BCUT2D eigenvalue weighted by molar-refractivity contribution is -0.0515. The lowest BCUT2D eigenvalue weighted by atomic mass is 10.0. The number of hydrogen-bond donors (Lipinski definition) is 2. The van der Waals surface area contributed by atoms with Crippen LogP contribution < -0.4 is 21.6 Å². The number of aromatic amines is 1. The van der Waals surface area contributed by atoms with Gasteiger partial charge in [-0.1, -0.05) is 88.4 Å². The lowest BCUT2D eigenvalue weighted by Crippen LogP contribution is -2.67. The second-order valence-corrected chi connectivity index (χ2v) is 14.2. The summed E-state index contributed by atoms with van der Waals surface area (Å²) >= 11 is 0. The number of hydrogen-bond acceptors (Lipinski definition) is 5. The number of benzene rings is 2. The molecule has 3 aromatic rings. The Labute approximate surface area is 200 Å². The van der Waals surface area contributed by atoms with Crippen LogP contribution in [-0.2, 0) is 9.16 Å². The first-order chi connectivity index (χ1) is 16.1. The summed E-state index contributed by atoms with van der Waals surface area (Å²) in [5.74, 6) is -0.276. The van der Waals surface area contributed by atoms with Crippen LogP contribution in [0.2, 0.25) is 5.04 Å². The van der Waals surface area contributed by atoms with Gasteiger partial charge in [0.05, 0.1) is 12.7 Å². The van der Waals surface area contributed by atoms with Crippen molar-refractivity contribution in [2.24, 2.45) is 5.92 Å². The van der Waals surface area contributed by atoms with Crippen molar-refractivity contribution < 1.29 is 14.3 Å². The van der Waals surface area contributed by atoms with Crippen molar-refractivity contribution >= 4 is 18.7 Å². The van der Waals surface area contributed by atoms with E-state index in [1.807, 2.05) is 43.3 Å². The van der Waals surface area contributed by atoms with E-state index in [0.29, 0.717) is 0 Å². The Balaban J connectivity index is 1.68. The Kier molecular flexibility index (Phi) is 6.77. The Morgan fingerprint density at radius 2 is 1.56 bits per heavy atom. The molecule has 1 aliphatic rings. The predicted molar refractivity (Wildman–Crippen MR) is 134 cm³/mol. The lowest BCUT2D eigenvalue weighted by Gasteiger charge is -2.43. The number of aromatic nitrogens is 2. The monoisotopic (exact) mass is 480 g/mol. The summed E-state index contributed by atoms with van der Waals surface area (Å²) in [4.78, 5) is 26.0. The van der Waals surface area contributed by atoms with Crippen molar-refractivity contribution in [2.75, 3.05) is 6.61 Å². The zero-order valence-electron chi connectivity index (χ0n) is 20.0. The van der Waals surface area contributed by atoms with Crippen molar-refractivity contribution in [1.82, 2.24) is 9.55 Å². The number of aliphatic hydroxyl groups excluding tert-OH is 1. The van der Waals surface area contributed by atoms with Gasteiger partial charge < -0.3 is 14.3 Å². The average molecular weight is 481 g/mol. The van der Waals surface area contributed by atoms with Gasteiger partial charge in [-0.3, -0.25) is 14.3 Å². The minimum absolute atomic E-state index is 0.189. The third kappa shape index (κ3) is 4.34. The summed E-state index contributed by atoms with van der Waals surface area (Å²) in [6.45, 7) is 8.77. The van der Waals surface area contributed by atoms with E-state index < -0.39 is 38.0 Å². The second kappa shape index (κ2) is 9.46. The molecule has 4 unspecified atom stereocenters. The van der Waals surface area contributed by atoms with Crippen molar-refractivity contribution in [2.45, 2.75) is 51.2 Å². The largest absolute Gasteiger partial charge is 0.405 e. The summed E-state index contributed by atoms with van der Waals surface area (Å²) in [5.41, 5.74) is -1.11. The molecule has 0 radical (unpaired) electrons. The molecule has 1 aliphatic heterocycles. The SMILES string of the molecule is CC1C(CO[Si](c2ccccc2)(c2ccccc2)C(C)(C)C)OC(n2ccc(=O)[nH]c2=O)C1O. The third-order valence-electron chi connectivity index (χ3n) is 6.74. The maximum Gasteiger partial charge on any atom is 0.330 e. The van der Waals surface area contributed by atoms with Gasteiger partial charge in [-0.05, 0) is 15.4 Å². The van der Waals surface area contributed by atoms with Gasteiger partial charge in [0.15, 0.2) is 6.23 Å². The van der Waals surface area contributed by atoms with E-state index in [1.54, 1.807) is 0 Å². The van der Waals surface area contributed by atoms with Gasteiger partial charge in [-0.15, -0.1) is 0 Å². The molecule has 0 saturated carbocycles. The zero-order chi connectivity index (χ0) is 24.5. The standard InChI is InChI=1S/C26H32N2O5Si/c1-18-21(33-24(23(18)30)28-16-15-22(29)27-25(28)31)17-32-34(26(2,3)4,19-11-7-5-8-12-19)20-13-9-6-10-14-20/h5-16,18,21,23-24,30H,17H2,1-4H3,(H,27,29,31). The van der Waals surface area contributed by atoms with Crippen molar-refractivity contribution in [3.05, 3.63) is 93.8 Å². The number of ether oxygens (including phenoxy) is 1. The highest BCUT2D eigenvalue weighted by molar-refractivity contribution is 6.99. The van der Waals surface area contributed by atoms with Crippen LogP contribution in [0.25, 0.3) is 0 Å². The first-order valence-corrected chi connectivity index (χ1v) is 13.5. The van der Waals surface area contributed by atoms with Gasteiger partial charge in [0.25, 0.3) is 13.9 Å². The quantitative estimate of drug-likeness (QED) is 0.527. The van der Waals surface area contributed by atoms with Gasteiger partial charge in [-0.2, -0.15) is 0 Å². The van der Waals surface area contributed by atoms with Gasteiger partial charge in [0, 0.05) is 18.2 Å². The van der Waals surface area contributed by atoms with Crippen molar-refractivity contribution in [3.63, 3.8) is 0 Å². The number of rotatable bonds is 6. The van der Waals surface area contributed by atoms with Crippen LogP contribution >= 0.6 is 0 Å². The first-order valence-electron chi connectivity index (χ1n) is 11.5. The predicted octanol–water partition coefficient (Wildman–Crippen LogP) is 2.01. The minimum Gasteiger partial charge on any atom is -0.405 e. The summed E-state index contributed by atoms with van der Waals surface area (Å²) in [5, 5.41) is 13.0. The zero-order valence-corrected chi connectivity index (χ0v) is 21.0. The van der Waals surface area contributed by atoms with E-state index in [9.17, 15) is 14.7 Å². The molecule has 180 valence electrons. The Hall–Kier alpha value is -2.78. The van der Waals surface area contributed by atoms with Crippen LogP contribution in [0, 0.1) is 5.92 Å². The van der Waals surface area contributed by atoms with Gasteiger partial charge in [-0.25, -0.2) is 4.79 Å². The van der Waals surface area contributed by atoms with Crippen molar-refractivity contribution in [3.8, 4) is 0 Å². The summed E-state index contributed by atoms with van der Waals surface area (Å²) in [7, 11) is -2.77. The molecule has 34 heavy (non-hydrogen) atoms. The van der Waals surface area contributed by atoms with E-state index in [1.165, 1.54) is 16.8 Å². The summed E-state index contributed by atoms with van der Waals surface area (Å²) in [6.07, 6.45) is -0.892. The van der Waals surface area contributed by atoms with Crippen LogP contribution in [-0.4, -0.2) is 41.8 Å². The Bertz CT molecular complexity index is 1180. The van der Waals surface area contributed by atoms with Crippen LogP contribution in [0.4, 0.5) is 0 Å². The highest BCUT2D eigenvalue weighted by Gasteiger charge is 2.52. The number of aliphatic hydroxyl groups is 1. The maximum atomic E-state index is 12.3. The van der Waals surface area contributed by atoms with E-state index >= 15 is 0 Å². The third-order valence-corrected chi connectivity index (χ3v) is 11.7. The van der Waals surface area contributed by atoms with Crippen LogP contribution in [0.3, 0.4) is 0 Å². The topological polar surface area (TPSA) is 93.5 Å². The van der Waals surface area contributed by atoms with Crippen LogP contribution in [0.5, 0.6) is 0 Å². The average Bonchev–Trinajstić information content (AvgIpc) is 3.08. The molecule has 1 fully saturated rings. The molecule has 4 atom stereocenters. The van der Waals surface area contributed by atoms with E-state index in [2.05, 4.69) is 50.0 Å². The molecule has 1 saturated heterocycles. The van der Waals surface area contributed by atoms with Crippen LogP contribution in [0.1, 0.15) is 33.9 Å². The van der Waals surface area contributed by atoms with Gasteiger partial charge >= 0.3 is 5.69 Å². The van der Waals surface area contributed by atoms with Crippen molar-refractivity contribution in [1.29, 1.82) is 0 Å². The molecule has 8 heteroatoms. The normalized spacial score (nSPS) is 23.2. The number of H-pyrrole nitrogens is 1. The molecule has 2 heterocycles. The maximum absolute atomic E-state index is 12.3. The fraction of sp³-hybridized carbons (Fsp3) is 0.385. The minimum atomic E-state index is -2.77. The molecule has 0 bridgehead atoms. The highest BCUT2D eigenvalue weighted by Crippen LogP contribution is 2.39. The molecule has 0 aliphatic carbocycles. The highest BCUT2D eigenvalue weighted by atomic mass is 28.4. The fourth-order valence-corrected chi connectivity index (χ4v) is 9.45. The van der Waals surface area contributed by atoms with E-state index in [4.69, 9.17) is 9.16 Å². The fourth-order valence-electron chi connectivity index (χ4n) is 4.88. The van der Waals surface area contributed by atoms with Crippen LogP contribution in [0.15, 0.2) is 82.5 Å². The number of nitrogens with zero attached hydrogens (tertiary/aromatic N) is 1. The first kappa shape index (κ1) is 24.3. The van der Waals surface area contributed by atoms with Gasteiger partial charge in [0.1, 0.15) is 6.10 Å². The molecular formula is C26H32N2O5Si. The number of nitrogens with one attached hydrogen (secondary N) is 1. The smallest absolute Gasteiger partial charge is 0.330 e. The molecule has 0 amide bonds. The summed E-state index contributed by atoms with van der Waals surface area (Å²) < 4.78 is 14.3. The molecule has 2 N–H and O–H groups in total. The molecule has 7 nitrogen and oxygen atoms in total. The van der Waals surface area contributed by atoms with E-state index in [-0.39, 0.29) is 17.6 Å². The Morgan fingerprint density at radius 1 is 1.00 bits per heavy atom. The molecule has 2 aromatic carbocycles. The Morgan fingerprint density at radius 3 is 2.06 bits per heavy atom. The molecule has 1 aromatic heterocycles. The second-order valence-electron chi connectivity index (χ2n) is 9.91. The van der Waals surface area contributed by atoms with E-state index in [0.717, 1.165) is 10.4 Å². The molecule has 4 rings (SSSR count). The van der Waals surface area contributed by atoms with Gasteiger partial charge in [0.2, 0.25) is 0 Å². The summed E-state index contributed by atoms with van der Waals surface area (Å²) in [6, 6.07) is 21.9.